The molecule has 1 aromatic carbocycles. The first-order chi connectivity index (χ1) is 11.1. The third kappa shape index (κ3) is 3.75. The van der Waals surface area contributed by atoms with Crippen molar-refractivity contribution in [1.29, 1.82) is 0 Å². The lowest BCUT2D eigenvalue weighted by Crippen LogP contribution is -2.25. The number of benzene rings is 1. The third-order valence-corrected chi connectivity index (χ3v) is 6.38. The highest BCUT2D eigenvalue weighted by molar-refractivity contribution is 5.23. The number of hydrogen-bond acceptors (Lipinski definition) is 0. The van der Waals surface area contributed by atoms with Crippen LogP contribution in [0.4, 0.5) is 13.2 Å². The Kier molecular flexibility index (Phi) is 5.33. The van der Waals surface area contributed by atoms with Crippen molar-refractivity contribution in [3.8, 4) is 0 Å². The topological polar surface area (TPSA) is 0 Å². The first-order valence-electron chi connectivity index (χ1n) is 9.22. The molecule has 0 heterocycles. The van der Waals surface area contributed by atoms with Gasteiger partial charge in [0.05, 0.1) is 0 Å². The molecule has 0 atom stereocenters. The van der Waals surface area contributed by atoms with Crippen LogP contribution in [0, 0.1) is 35.2 Å². The summed E-state index contributed by atoms with van der Waals surface area (Å²) in [7, 11) is 0. The summed E-state index contributed by atoms with van der Waals surface area (Å²) in [5.41, 5.74) is 0.634. The summed E-state index contributed by atoms with van der Waals surface area (Å²) in [5.74, 6) is -0.731. The Bertz CT molecular complexity index is 501. The van der Waals surface area contributed by atoms with Crippen molar-refractivity contribution >= 4 is 0 Å². The van der Waals surface area contributed by atoms with Crippen LogP contribution in [0.25, 0.3) is 0 Å². The first-order valence-corrected chi connectivity index (χ1v) is 9.22. The second-order valence-corrected chi connectivity index (χ2v) is 7.60. The molecule has 0 aromatic heterocycles. The summed E-state index contributed by atoms with van der Waals surface area (Å²) >= 11 is 0. The summed E-state index contributed by atoms with van der Waals surface area (Å²) in [6.07, 6.45) is 11.0. The lowest BCUT2D eigenvalue weighted by Gasteiger charge is -2.38. The highest BCUT2D eigenvalue weighted by Gasteiger charge is 2.31. The van der Waals surface area contributed by atoms with Gasteiger partial charge in [0.2, 0.25) is 0 Å². The fraction of sp³-hybridized carbons (Fsp3) is 0.700. The fourth-order valence-corrected chi connectivity index (χ4v) is 4.80. The molecule has 0 bridgehead atoms. The summed E-state index contributed by atoms with van der Waals surface area (Å²) < 4.78 is 39.9. The summed E-state index contributed by atoms with van der Waals surface area (Å²) in [6, 6.07) is 2.38. The molecule has 0 spiro atoms. The molecule has 0 aliphatic heterocycles. The summed E-state index contributed by atoms with van der Waals surface area (Å²) in [5, 5.41) is 0. The van der Waals surface area contributed by atoms with Crippen LogP contribution in [0.3, 0.4) is 0 Å². The zero-order valence-corrected chi connectivity index (χ0v) is 14.0. The fourth-order valence-electron chi connectivity index (χ4n) is 4.80. The number of halogens is 3. The van der Waals surface area contributed by atoms with E-state index in [1.165, 1.54) is 44.2 Å². The molecule has 0 saturated heterocycles. The minimum atomic E-state index is -1.35. The Morgan fingerprint density at radius 1 is 0.783 bits per heavy atom. The zero-order chi connectivity index (χ0) is 16.4. The average molecular weight is 324 g/mol. The summed E-state index contributed by atoms with van der Waals surface area (Å²) in [4.78, 5) is 0. The minimum Gasteiger partial charge on any atom is -0.204 e. The van der Waals surface area contributed by atoms with Gasteiger partial charge in [-0.1, -0.05) is 26.2 Å². The Morgan fingerprint density at radius 3 is 1.74 bits per heavy atom. The molecule has 0 amide bonds. The van der Waals surface area contributed by atoms with Crippen LogP contribution in [0.5, 0.6) is 0 Å². The molecule has 2 aliphatic carbocycles. The van der Waals surface area contributed by atoms with Crippen LogP contribution in [0.1, 0.15) is 76.2 Å². The molecule has 128 valence electrons. The quantitative estimate of drug-likeness (QED) is 0.550. The lowest BCUT2D eigenvalue weighted by atomic mass is 9.68. The van der Waals surface area contributed by atoms with Crippen LogP contribution >= 0.6 is 0 Å². The molecule has 2 fully saturated rings. The van der Waals surface area contributed by atoms with Gasteiger partial charge in [-0.2, -0.15) is 0 Å². The molecular formula is C20H27F3. The van der Waals surface area contributed by atoms with Gasteiger partial charge >= 0.3 is 0 Å². The van der Waals surface area contributed by atoms with E-state index >= 15 is 0 Å². The monoisotopic (exact) mass is 324 g/mol. The van der Waals surface area contributed by atoms with Gasteiger partial charge in [-0.15, -0.1) is 0 Å². The van der Waals surface area contributed by atoms with Crippen LogP contribution in [-0.2, 0) is 0 Å². The predicted octanol–water partition coefficient (Wildman–Crippen LogP) is 6.59. The largest absolute Gasteiger partial charge is 0.204 e. The van der Waals surface area contributed by atoms with E-state index in [1.54, 1.807) is 0 Å². The van der Waals surface area contributed by atoms with E-state index in [0.717, 1.165) is 43.4 Å². The van der Waals surface area contributed by atoms with E-state index in [2.05, 4.69) is 6.92 Å². The van der Waals surface area contributed by atoms with E-state index in [-0.39, 0.29) is 5.92 Å². The maximum absolute atomic E-state index is 13.4. The van der Waals surface area contributed by atoms with E-state index in [4.69, 9.17) is 0 Å². The van der Waals surface area contributed by atoms with Crippen molar-refractivity contribution in [2.75, 3.05) is 0 Å². The van der Waals surface area contributed by atoms with Crippen molar-refractivity contribution in [2.24, 2.45) is 17.8 Å². The van der Waals surface area contributed by atoms with Gasteiger partial charge in [-0.25, -0.2) is 13.2 Å². The Labute approximate surface area is 137 Å². The molecule has 0 unspecified atom stereocenters. The second kappa shape index (κ2) is 7.27. The molecule has 1 aromatic rings. The van der Waals surface area contributed by atoms with Crippen molar-refractivity contribution in [3.05, 3.63) is 35.1 Å². The third-order valence-electron chi connectivity index (χ3n) is 6.38. The SMILES string of the molecule is CCC1CCC(C2CCC(c3cc(F)c(F)c(F)c3)CC2)CC1. The van der Waals surface area contributed by atoms with Crippen LogP contribution in [-0.4, -0.2) is 0 Å². The molecule has 3 heteroatoms. The van der Waals surface area contributed by atoms with Crippen LogP contribution in [0.2, 0.25) is 0 Å². The molecule has 2 aliphatic rings. The molecule has 23 heavy (non-hydrogen) atoms. The van der Waals surface area contributed by atoms with Crippen LogP contribution in [0.15, 0.2) is 12.1 Å². The van der Waals surface area contributed by atoms with Crippen molar-refractivity contribution < 1.29 is 13.2 Å². The Morgan fingerprint density at radius 2 is 1.26 bits per heavy atom. The smallest absolute Gasteiger partial charge is 0.194 e. The predicted molar refractivity (Wildman–Crippen MR) is 86.8 cm³/mol. The van der Waals surface area contributed by atoms with Gasteiger partial charge in [-0.05, 0) is 79.9 Å². The maximum Gasteiger partial charge on any atom is 0.194 e. The van der Waals surface area contributed by atoms with Gasteiger partial charge in [0, 0.05) is 0 Å². The Hall–Kier alpha value is -0.990. The molecule has 3 rings (SSSR count). The van der Waals surface area contributed by atoms with E-state index in [0.29, 0.717) is 5.56 Å². The first kappa shape index (κ1) is 16.9. The van der Waals surface area contributed by atoms with Gasteiger partial charge in [-0.3, -0.25) is 0 Å². The molecule has 2 saturated carbocycles. The van der Waals surface area contributed by atoms with Gasteiger partial charge in [0.1, 0.15) is 0 Å². The molecular weight excluding hydrogens is 297 g/mol. The molecule has 0 radical (unpaired) electrons. The molecule has 0 nitrogen and oxygen atoms in total. The van der Waals surface area contributed by atoms with Gasteiger partial charge in [0.15, 0.2) is 17.5 Å². The van der Waals surface area contributed by atoms with E-state index < -0.39 is 17.5 Å². The Balaban J connectivity index is 1.56. The number of rotatable bonds is 3. The van der Waals surface area contributed by atoms with E-state index in [9.17, 15) is 13.2 Å². The standard InChI is InChI=1S/C20H27F3/c1-2-13-3-5-14(6-4-13)15-7-9-16(10-8-15)17-11-18(21)20(23)19(22)12-17/h11-16H,2-10H2,1H3. The van der Waals surface area contributed by atoms with Crippen LogP contribution < -0.4 is 0 Å². The van der Waals surface area contributed by atoms with E-state index in [1.807, 2.05) is 0 Å². The maximum atomic E-state index is 13.4. The van der Waals surface area contributed by atoms with Gasteiger partial charge in [0.25, 0.3) is 0 Å². The van der Waals surface area contributed by atoms with Gasteiger partial charge < -0.3 is 0 Å². The zero-order valence-electron chi connectivity index (χ0n) is 14.0. The number of hydrogen-bond donors (Lipinski definition) is 0. The minimum absolute atomic E-state index is 0.183. The summed E-state index contributed by atoms with van der Waals surface area (Å²) in [6.45, 7) is 2.29. The second-order valence-electron chi connectivity index (χ2n) is 7.60. The average Bonchev–Trinajstić information content (AvgIpc) is 2.59. The normalized spacial score (nSPS) is 32.0. The highest BCUT2D eigenvalue weighted by Crippen LogP contribution is 2.44. The highest BCUT2D eigenvalue weighted by atomic mass is 19.2. The lowest BCUT2D eigenvalue weighted by molar-refractivity contribution is 0.158. The molecule has 0 N–H and O–H groups in total. The van der Waals surface area contributed by atoms with Crippen molar-refractivity contribution in [1.82, 2.24) is 0 Å². The van der Waals surface area contributed by atoms with Crippen molar-refractivity contribution in [3.63, 3.8) is 0 Å². The van der Waals surface area contributed by atoms with Crippen molar-refractivity contribution in [2.45, 2.75) is 70.6 Å².